The van der Waals surface area contributed by atoms with Crippen LogP contribution in [0.5, 0.6) is 0 Å². The summed E-state index contributed by atoms with van der Waals surface area (Å²) < 4.78 is 4.77. The smallest absolute Gasteiger partial charge is 0.314 e. The predicted molar refractivity (Wildman–Crippen MR) is 47.7 cm³/mol. The molecule has 0 aliphatic heterocycles. The molecule has 0 radical (unpaired) electrons. The topological polar surface area (TPSA) is 61.5 Å². The van der Waals surface area contributed by atoms with E-state index in [4.69, 9.17) is 10.6 Å². The molecule has 0 aromatic rings. The van der Waals surface area contributed by atoms with Crippen LogP contribution in [0.2, 0.25) is 0 Å². The zero-order valence-electron chi connectivity index (χ0n) is 8.04. The monoisotopic (exact) mass is 187 g/mol. The van der Waals surface area contributed by atoms with Crippen LogP contribution in [0.3, 0.4) is 0 Å². The molecule has 4 nitrogen and oxygen atoms in total. The molecule has 4 heteroatoms. The Hall–Kier alpha value is -0.610. The summed E-state index contributed by atoms with van der Waals surface area (Å²) in [7, 11) is 1.41. The summed E-state index contributed by atoms with van der Waals surface area (Å²) in [6, 6.07) is 0. The van der Waals surface area contributed by atoms with Crippen molar-refractivity contribution < 1.29 is 14.4 Å². The van der Waals surface area contributed by atoms with Gasteiger partial charge in [0.1, 0.15) is 0 Å². The number of esters is 1. The van der Waals surface area contributed by atoms with Gasteiger partial charge in [-0.1, -0.05) is 19.3 Å². The number of ether oxygens (including phenoxy) is 1. The number of nitrogens with two attached hydrogens (primary N) is 1. The first-order chi connectivity index (χ1) is 6.25. The van der Waals surface area contributed by atoms with E-state index in [-0.39, 0.29) is 12.6 Å². The molecule has 0 spiro atoms. The van der Waals surface area contributed by atoms with Gasteiger partial charge in [-0.2, -0.15) is 0 Å². The molecule has 2 N–H and O–H groups in total. The van der Waals surface area contributed by atoms with Gasteiger partial charge in [-0.15, -0.1) is 0 Å². The molecule has 0 unspecified atom stereocenters. The third-order valence-electron chi connectivity index (χ3n) is 2.79. The summed E-state index contributed by atoms with van der Waals surface area (Å²) in [6.07, 6.45) is 4.95. The van der Waals surface area contributed by atoms with Gasteiger partial charge < -0.3 is 9.57 Å². The lowest BCUT2D eigenvalue weighted by Gasteiger charge is -2.33. The van der Waals surface area contributed by atoms with Crippen LogP contribution in [0.25, 0.3) is 0 Å². The fourth-order valence-electron chi connectivity index (χ4n) is 2.01. The molecule has 0 aromatic carbocycles. The molecule has 0 aromatic heterocycles. The summed E-state index contributed by atoms with van der Waals surface area (Å²) in [6.45, 7) is 0.277. The van der Waals surface area contributed by atoms with Gasteiger partial charge in [-0.25, -0.2) is 5.90 Å². The van der Waals surface area contributed by atoms with Crippen LogP contribution in [0.1, 0.15) is 32.1 Å². The van der Waals surface area contributed by atoms with Gasteiger partial charge in [0.15, 0.2) is 0 Å². The predicted octanol–water partition coefficient (Wildman–Crippen LogP) is 1.00. The summed E-state index contributed by atoms with van der Waals surface area (Å²) >= 11 is 0. The minimum atomic E-state index is -0.470. The second-order valence-corrected chi connectivity index (χ2v) is 3.64. The van der Waals surface area contributed by atoms with Crippen LogP contribution in [-0.2, 0) is 14.4 Å². The summed E-state index contributed by atoms with van der Waals surface area (Å²) in [4.78, 5) is 16.1. The van der Waals surface area contributed by atoms with Crippen LogP contribution in [0.15, 0.2) is 0 Å². The molecule has 1 rings (SSSR count). The van der Waals surface area contributed by atoms with Crippen molar-refractivity contribution in [1.82, 2.24) is 0 Å². The van der Waals surface area contributed by atoms with Crippen molar-refractivity contribution in [2.75, 3.05) is 13.7 Å². The van der Waals surface area contributed by atoms with E-state index in [1.54, 1.807) is 0 Å². The molecule has 0 amide bonds. The molecule has 13 heavy (non-hydrogen) atoms. The van der Waals surface area contributed by atoms with Crippen LogP contribution >= 0.6 is 0 Å². The molecule has 0 saturated heterocycles. The van der Waals surface area contributed by atoms with Gasteiger partial charge in [0.2, 0.25) is 0 Å². The molecule has 0 heterocycles. The van der Waals surface area contributed by atoms with Crippen molar-refractivity contribution in [2.24, 2.45) is 11.3 Å². The Morgan fingerprint density at radius 2 is 2.00 bits per heavy atom. The van der Waals surface area contributed by atoms with E-state index >= 15 is 0 Å². The van der Waals surface area contributed by atoms with E-state index < -0.39 is 5.41 Å². The fraction of sp³-hybridized carbons (Fsp3) is 0.889. The van der Waals surface area contributed by atoms with Crippen molar-refractivity contribution in [3.63, 3.8) is 0 Å². The Kier molecular flexibility index (Phi) is 3.69. The van der Waals surface area contributed by atoms with E-state index in [1.807, 2.05) is 0 Å². The van der Waals surface area contributed by atoms with Gasteiger partial charge >= 0.3 is 5.97 Å². The molecule has 1 aliphatic rings. The molecule has 1 aliphatic carbocycles. The standard InChI is InChI=1S/C9H17NO3/c1-12-8(11)9(7-13-10)5-3-2-4-6-9/h2-7,10H2,1H3. The van der Waals surface area contributed by atoms with E-state index in [2.05, 4.69) is 4.84 Å². The first-order valence-electron chi connectivity index (χ1n) is 4.65. The first-order valence-corrected chi connectivity index (χ1v) is 4.65. The Morgan fingerprint density at radius 3 is 2.46 bits per heavy atom. The number of carbonyl (C=O) groups excluding carboxylic acids is 1. The Morgan fingerprint density at radius 1 is 1.38 bits per heavy atom. The lowest BCUT2D eigenvalue weighted by atomic mass is 9.75. The highest BCUT2D eigenvalue weighted by Crippen LogP contribution is 2.37. The number of carbonyl (C=O) groups is 1. The lowest BCUT2D eigenvalue weighted by Crippen LogP contribution is -2.39. The van der Waals surface area contributed by atoms with Crippen LogP contribution < -0.4 is 5.90 Å². The summed E-state index contributed by atoms with van der Waals surface area (Å²) in [5.74, 6) is 4.85. The number of methoxy groups -OCH3 is 1. The van der Waals surface area contributed by atoms with Gasteiger partial charge in [0, 0.05) is 0 Å². The third kappa shape index (κ3) is 2.19. The van der Waals surface area contributed by atoms with Crippen LogP contribution in [0, 0.1) is 5.41 Å². The zero-order valence-corrected chi connectivity index (χ0v) is 8.04. The lowest BCUT2D eigenvalue weighted by molar-refractivity contribution is -0.159. The maximum Gasteiger partial charge on any atom is 0.314 e. The molecule has 1 saturated carbocycles. The maximum absolute atomic E-state index is 11.5. The highest BCUT2D eigenvalue weighted by atomic mass is 16.6. The van der Waals surface area contributed by atoms with Gasteiger partial charge in [0.05, 0.1) is 19.1 Å². The number of hydrogen-bond donors (Lipinski definition) is 1. The minimum absolute atomic E-state index is 0.183. The molecule has 1 fully saturated rings. The van der Waals surface area contributed by atoms with E-state index in [9.17, 15) is 4.79 Å². The highest BCUT2D eigenvalue weighted by Gasteiger charge is 2.40. The molecule has 0 bridgehead atoms. The minimum Gasteiger partial charge on any atom is -0.469 e. The molecular weight excluding hydrogens is 170 g/mol. The van der Waals surface area contributed by atoms with Gasteiger partial charge in [0.25, 0.3) is 0 Å². The molecule has 0 atom stereocenters. The van der Waals surface area contributed by atoms with Crippen molar-refractivity contribution in [3.8, 4) is 0 Å². The van der Waals surface area contributed by atoms with E-state index in [0.29, 0.717) is 0 Å². The van der Waals surface area contributed by atoms with Gasteiger partial charge in [-0.3, -0.25) is 4.79 Å². The average molecular weight is 187 g/mol. The second-order valence-electron chi connectivity index (χ2n) is 3.64. The largest absolute Gasteiger partial charge is 0.469 e. The molecular formula is C9H17NO3. The molecule has 76 valence electrons. The average Bonchev–Trinajstić information content (AvgIpc) is 2.18. The maximum atomic E-state index is 11.5. The van der Waals surface area contributed by atoms with Crippen molar-refractivity contribution >= 4 is 5.97 Å². The summed E-state index contributed by atoms with van der Waals surface area (Å²) in [5, 5.41) is 0. The van der Waals surface area contributed by atoms with E-state index in [0.717, 1.165) is 25.7 Å². The quantitative estimate of drug-likeness (QED) is 0.529. The summed E-state index contributed by atoms with van der Waals surface area (Å²) in [5.41, 5.74) is -0.470. The van der Waals surface area contributed by atoms with Gasteiger partial charge in [-0.05, 0) is 12.8 Å². The number of rotatable bonds is 3. The fourth-order valence-corrected chi connectivity index (χ4v) is 2.01. The zero-order chi connectivity index (χ0) is 9.73. The van der Waals surface area contributed by atoms with Crippen molar-refractivity contribution in [3.05, 3.63) is 0 Å². The highest BCUT2D eigenvalue weighted by molar-refractivity contribution is 5.77. The van der Waals surface area contributed by atoms with Crippen LogP contribution in [0.4, 0.5) is 0 Å². The number of hydrogen-bond acceptors (Lipinski definition) is 4. The first kappa shape index (κ1) is 10.5. The van der Waals surface area contributed by atoms with Crippen molar-refractivity contribution in [1.29, 1.82) is 0 Å². The Bertz CT molecular complexity index is 170. The Balaban J connectivity index is 2.66. The second kappa shape index (κ2) is 4.58. The normalized spacial score (nSPS) is 21.1. The van der Waals surface area contributed by atoms with Crippen molar-refractivity contribution in [2.45, 2.75) is 32.1 Å². The van der Waals surface area contributed by atoms with E-state index in [1.165, 1.54) is 13.5 Å². The SMILES string of the molecule is COC(=O)C1(CON)CCCCC1. The third-order valence-corrected chi connectivity index (χ3v) is 2.79. The van der Waals surface area contributed by atoms with Crippen LogP contribution in [-0.4, -0.2) is 19.7 Å². The Labute approximate surface area is 78.3 Å².